The normalized spacial score (nSPS) is 20.6. The van der Waals surface area contributed by atoms with Crippen molar-refractivity contribution in [3.05, 3.63) is 48.0 Å². The summed E-state index contributed by atoms with van der Waals surface area (Å²) in [6, 6.07) is 9.95. The molecule has 3 amide bonds. The molecule has 12 heteroatoms. The third-order valence-corrected chi connectivity index (χ3v) is 8.14. The number of hydrogen-bond acceptors (Lipinski definition) is 7. The molecule has 3 rings (SSSR count). The summed E-state index contributed by atoms with van der Waals surface area (Å²) in [5.41, 5.74) is 0.389. The smallest absolute Gasteiger partial charge is 0.317 e. The second-order valence-corrected chi connectivity index (χ2v) is 12.0. The van der Waals surface area contributed by atoms with Gasteiger partial charge in [0.1, 0.15) is 18.1 Å². The van der Waals surface area contributed by atoms with Crippen molar-refractivity contribution in [1.29, 1.82) is 0 Å². The number of hydrogen-bond donors (Lipinski definition) is 2. The minimum Gasteiger partial charge on any atom is -0.497 e. The minimum atomic E-state index is -3.93. The maximum atomic E-state index is 13.6. The third kappa shape index (κ3) is 7.57. The van der Waals surface area contributed by atoms with Crippen LogP contribution in [0.2, 0.25) is 0 Å². The van der Waals surface area contributed by atoms with Crippen LogP contribution >= 0.6 is 0 Å². The maximum Gasteiger partial charge on any atom is 0.317 e. The molecule has 11 nitrogen and oxygen atoms in total. The number of carbonyl (C=O) groups excluding carboxylic acids is 2. The summed E-state index contributed by atoms with van der Waals surface area (Å²) >= 11 is 0. The van der Waals surface area contributed by atoms with Gasteiger partial charge in [0, 0.05) is 44.9 Å². The fourth-order valence-electron chi connectivity index (χ4n) is 4.42. The van der Waals surface area contributed by atoms with Gasteiger partial charge in [-0.1, -0.05) is 6.92 Å². The molecule has 2 aromatic carbocycles. The number of sulfonamides is 1. The predicted molar refractivity (Wildman–Crippen MR) is 152 cm³/mol. The van der Waals surface area contributed by atoms with Gasteiger partial charge in [-0.3, -0.25) is 9.52 Å². The average Bonchev–Trinajstić information content (AvgIpc) is 2.91. The Balaban J connectivity index is 1.96. The Morgan fingerprint density at radius 2 is 1.75 bits per heavy atom. The van der Waals surface area contributed by atoms with Crippen LogP contribution in [0.1, 0.15) is 38.1 Å². The van der Waals surface area contributed by atoms with Crippen molar-refractivity contribution in [2.75, 3.05) is 45.7 Å². The number of nitrogens with one attached hydrogen (secondary N) is 2. The number of fused-ring (bicyclic) bond motifs is 1. The minimum absolute atomic E-state index is 0.0416. The lowest BCUT2D eigenvalue weighted by molar-refractivity contribution is 0.0165. The molecule has 2 aromatic rings. The quantitative estimate of drug-likeness (QED) is 0.540. The number of benzene rings is 2. The summed E-state index contributed by atoms with van der Waals surface area (Å²) in [5, 5.41) is 2.95. The Labute approximate surface area is 236 Å². The average molecular weight is 577 g/mol. The highest BCUT2D eigenvalue weighted by Gasteiger charge is 2.31. The lowest BCUT2D eigenvalue weighted by Crippen LogP contribution is -2.52. The zero-order valence-electron chi connectivity index (χ0n) is 24.1. The van der Waals surface area contributed by atoms with Crippen LogP contribution in [0.3, 0.4) is 0 Å². The van der Waals surface area contributed by atoms with Gasteiger partial charge in [-0.05, 0) is 63.2 Å². The van der Waals surface area contributed by atoms with Crippen molar-refractivity contribution in [3.8, 4) is 11.5 Å². The Kier molecular flexibility index (Phi) is 10.3. The lowest BCUT2D eigenvalue weighted by Gasteiger charge is -2.36. The molecule has 0 radical (unpaired) electrons. The van der Waals surface area contributed by atoms with Gasteiger partial charge >= 0.3 is 6.03 Å². The molecule has 0 unspecified atom stereocenters. The molecule has 0 bridgehead atoms. The number of methoxy groups -OCH3 is 2. The van der Waals surface area contributed by atoms with E-state index in [4.69, 9.17) is 14.2 Å². The summed E-state index contributed by atoms with van der Waals surface area (Å²) in [6.07, 6.45) is -0.351. The molecule has 3 atom stereocenters. The van der Waals surface area contributed by atoms with Gasteiger partial charge in [-0.25, -0.2) is 13.2 Å². The fraction of sp³-hybridized carbons (Fsp3) is 0.500. The SMILES string of the molecule is COc1ccc(S(=O)(=O)Nc2ccc3c(c2)C(=O)N(C)C[C@@H](OC)[C@H](C)CN(C(=O)NC(C)C)[C@H](C)CO3)cc1. The second kappa shape index (κ2) is 13.2. The number of amides is 3. The van der Waals surface area contributed by atoms with Crippen LogP contribution in [0, 0.1) is 5.92 Å². The fourth-order valence-corrected chi connectivity index (χ4v) is 5.47. The summed E-state index contributed by atoms with van der Waals surface area (Å²) in [5.74, 6) is 0.366. The van der Waals surface area contributed by atoms with Crippen LogP contribution in [0.15, 0.2) is 47.4 Å². The van der Waals surface area contributed by atoms with E-state index in [0.29, 0.717) is 12.3 Å². The molecule has 220 valence electrons. The number of urea groups is 1. The number of nitrogens with zero attached hydrogens (tertiary/aromatic N) is 2. The van der Waals surface area contributed by atoms with Crippen LogP contribution in [0.25, 0.3) is 0 Å². The lowest BCUT2D eigenvalue weighted by atomic mass is 10.0. The standard InChI is InChI=1S/C28H40N4O7S/c1-18(2)29-28(34)32-15-19(3)26(38-7)16-31(5)27(33)24-14-21(8-13-25(24)39-17-20(32)4)30-40(35,36)23-11-9-22(37-6)10-12-23/h8-14,18-20,26,30H,15-17H2,1-7H3,(H,29,34)/t19-,20-,26-/m1/s1. The van der Waals surface area contributed by atoms with Gasteiger partial charge in [-0.15, -0.1) is 0 Å². The van der Waals surface area contributed by atoms with Crippen LogP contribution < -0.4 is 19.5 Å². The van der Waals surface area contributed by atoms with Gasteiger partial charge in [0.05, 0.1) is 29.7 Å². The van der Waals surface area contributed by atoms with E-state index in [1.54, 1.807) is 37.3 Å². The van der Waals surface area contributed by atoms with Crippen molar-refractivity contribution >= 4 is 27.6 Å². The van der Waals surface area contributed by atoms with E-state index in [2.05, 4.69) is 10.0 Å². The molecular formula is C28H40N4O7S. The number of carbonyl (C=O) groups is 2. The molecule has 0 saturated carbocycles. The van der Waals surface area contributed by atoms with Gasteiger partial charge in [-0.2, -0.15) is 0 Å². The first-order valence-corrected chi connectivity index (χ1v) is 14.6. The monoisotopic (exact) mass is 576 g/mol. The molecule has 0 aliphatic carbocycles. The maximum absolute atomic E-state index is 13.6. The van der Waals surface area contributed by atoms with E-state index in [1.165, 1.54) is 36.3 Å². The van der Waals surface area contributed by atoms with Crippen molar-refractivity contribution in [1.82, 2.24) is 15.1 Å². The van der Waals surface area contributed by atoms with Gasteiger partial charge in [0.2, 0.25) is 0 Å². The molecular weight excluding hydrogens is 536 g/mol. The molecule has 0 aromatic heterocycles. The Hall–Kier alpha value is -3.51. The predicted octanol–water partition coefficient (Wildman–Crippen LogP) is 3.42. The largest absolute Gasteiger partial charge is 0.497 e. The number of likely N-dealkylation sites (N-methyl/N-ethyl adjacent to an activating group) is 1. The van der Waals surface area contributed by atoms with Crippen molar-refractivity contribution in [2.45, 2.75) is 50.8 Å². The van der Waals surface area contributed by atoms with E-state index in [9.17, 15) is 18.0 Å². The van der Waals surface area contributed by atoms with Gasteiger partial charge in [0.15, 0.2) is 0 Å². The first-order valence-electron chi connectivity index (χ1n) is 13.1. The molecule has 0 saturated heterocycles. The Morgan fingerprint density at radius 1 is 1.07 bits per heavy atom. The van der Waals surface area contributed by atoms with E-state index in [0.717, 1.165) is 0 Å². The van der Waals surface area contributed by atoms with Crippen LogP contribution in [-0.2, 0) is 14.8 Å². The molecule has 2 N–H and O–H groups in total. The molecule has 40 heavy (non-hydrogen) atoms. The highest BCUT2D eigenvalue weighted by molar-refractivity contribution is 7.92. The van der Waals surface area contributed by atoms with E-state index in [-0.39, 0.29) is 71.1 Å². The summed E-state index contributed by atoms with van der Waals surface area (Å²) in [6.45, 7) is 8.43. The molecule has 1 aliphatic heterocycles. The highest BCUT2D eigenvalue weighted by atomic mass is 32.2. The topological polar surface area (TPSA) is 127 Å². The van der Waals surface area contributed by atoms with Crippen LogP contribution in [0.4, 0.5) is 10.5 Å². The summed E-state index contributed by atoms with van der Waals surface area (Å²) < 4.78 is 45.5. The second-order valence-electron chi connectivity index (χ2n) is 10.3. The zero-order valence-corrected chi connectivity index (χ0v) is 24.9. The van der Waals surface area contributed by atoms with Crippen molar-refractivity contribution in [2.24, 2.45) is 5.92 Å². The highest BCUT2D eigenvalue weighted by Crippen LogP contribution is 2.28. The zero-order chi connectivity index (χ0) is 29.6. The van der Waals surface area contributed by atoms with Gasteiger partial charge in [0.25, 0.3) is 15.9 Å². The van der Waals surface area contributed by atoms with Crippen LogP contribution in [-0.4, -0.2) is 89.3 Å². The molecule has 0 spiro atoms. The van der Waals surface area contributed by atoms with Crippen molar-refractivity contribution < 1.29 is 32.2 Å². The molecule has 1 heterocycles. The number of anilines is 1. The van der Waals surface area contributed by atoms with E-state index in [1.807, 2.05) is 27.7 Å². The summed E-state index contributed by atoms with van der Waals surface area (Å²) in [4.78, 5) is 29.9. The van der Waals surface area contributed by atoms with E-state index >= 15 is 0 Å². The third-order valence-electron chi connectivity index (χ3n) is 6.74. The first-order chi connectivity index (χ1) is 18.9. The van der Waals surface area contributed by atoms with Gasteiger partial charge < -0.3 is 29.3 Å². The molecule has 1 aliphatic rings. The first kappa shape index (κ1) is 31.0. The van der Waals surface area contributed by atoms with Crippen LogP contribution in [0.5, 0.6) is 11.5 Å². The number of rotatable bonds is 6. The Bertz CT molecular complexity index is 1280. The van der Waals surface area contributed by atoms with Crippen molar-refractivity contribution in [3.63, 3.8) is 0 Å². The molecule has 0 fully saturated rings. The number of ether oxygens (including phenoxy) is 3. The Morgan fingerprint density at radius 3 is 2.35 bits per heavy atom. The summed E-state index contributed by atoms with van der Waals surface area (Å²) in [7, 11) is 0.793. The van der Waals surface area contributed by atoms with E-state index < -0.39 is 10.0 Å².